The van der Waals surface area contributed by atoms with Gasteiger partial charge in [0.1, 0.15) is 0 Å². The normalized spacial score (nSPS) is 29.9. The van der Waals surface area contributed by atoms with Crippen molar-refractivity contribution in [3.63, 3.8) is 0 Å². The summed E-state index contributed by atoms with van der Waals surface area (Å²) in [4.78, 5) is 4.59. The predicted octanol–water partition coefficient (Wildman–Crippen LogP) is 3.18. The summed E-state index contributed by atoms with van der Waals surface area (Å²) in [6.07, 6.45) is 7.54. The van der Waals surface area contributed by atoms with Gasteiger partial charge < -0.3 is 0 Å². The summed E-state index contributed by atoms with van der Waals surface area (Å²) in [5.41, 5.74) is 5.36. The van der Waals surface area contributed by atoms with Gasteiger partial charge in [-0.1, -0.05) is 24.6 Å². The van der Waals surface area contributed by atoms with Crippen LogP contribution in [0.1, 0.15) is 37.3 Å². The fourth-order valence-electron chi connectivity index (χ4n) is 4.43. The lowest BCUT2D eigenvalue weighted by molar-refractivity contribution is 0.252. The molecule has 0 aliphatic heterocycles. The van der Waals surface area contributed by atoms with E-state index in [4.69, 9.17) is 5.84 Å². The van der Waals surface area contributed by atoms with Gasteiger partial charge in [-0.05, 0) is 54.7 Å². The Labute approximate surface area is 119 Å². The average Bonchev–Trinajstić information content (AvgIpc) is 3.11. The molecule has 0 radical (unpaired) electrons. The minimum absolute atomic E-state index is 0.252. The van der Waals surface area contributed by atoms with Crippen LogP contribution in [0.15, 0.2) is 36.5 Å². The molecule has 4 rings (SSSR count). The smallest absolute Gasteiger partial charge is 0.0702 e. The van der Waals surface area contributed by atoms with Crippen molar-refractivity contribution >= 4 is 10.9 Å². The zero-order valence-corrected chi connectivity index (χ0v) is 11.6. The van der Waals surface area contributed by atoms with Crippen molar-refractivity contribution in [1.82, 2.24) is 10.4 Å². The quantitative estimate of drug-likeness (QED) is 0.663. The maximum absolute atomic E-state index is 5.88. The van der Waals surface area contributed by atoms with Crippen LogP contribution in [0.5, 0.6) is 0 Å². The molecule has 4 atom stereocenters. The van der Waals surface area contributed by atoms with E-state index in [-0.39, 0.29) is 6.04 Å². The number of hydrogen-bond donors (Lipinski definition) is 2. The van der Waals surface area contributed by atoms with E-state index in [1.165, 1.54) is 36.6 Å². The summed E-state index contributed by atoms with van der Waals surface area (Å²) in [6, 6.07) is 10.8. The van der Waals surface area contributed by atoms with Crippen molar-refractivity contribution in [2.75, 3.05) is 0 Å². The summed E-state index contributed by atoms with van der Waals surface area (Å²) in [7, 11) is 0. The van der Waals surface area contributed by atoms with Gasteiger partial charge in [-0.3, -0.25) is 16.3 Å². The molecular weight excluding hydrogens is 246 g/mol. The van der Waals surface area contributed by atoms with Crippen molar-refractivity contribution in [1.29, 1.82) is 0 Å². The third kappa shape index (κ3) is 1.93. The van der Waals surface area contributed by atoms with Crippen molar-refractivity contribution in [3.05, 3.63) is 42.1 Å². The Morgan fingerprint density at radius 2 is 2.10 bits per heavy atom. The monoisotopic (exact) mass is 267 g/mol. The number of nitrogens with two attached hydrogens (primary N) is 1. The maximum Gasteiger partial charge on any atom is 0.0702 e. The lowest BCUT2D eigenvalue weighted by Gasteiger charge is -2.30. The fourth-order valence-corrected chi connectivity index (χ4v) is 4.43. The molecule has 104 valence electrons. The van der Waals surface area contributed by atoms with Crippen LogP contribution >= 0.6 is 0 Å². The number of pyridine rings is 1. The first kappa shape index (κ1) is 12.3. The molecule has 0 amide bonds. The Kier molecular flexibility index (Phi) is 2.97. The molecular formula is C17H21N3. The first-order chi connectivity index (χ1) is 9.85. The highest BCUT2D eigenvalue weighted by molar-refractivity contribution is 5.78. The molecule has 0 saturated heterocycles. The summed E-state index contributed by atoms with van der Waals surface area (Å²) >= 11 is 0. The number of aromatic nitrogens is 1. The second-order valence-electron chi connectivity index (χ2n) is 6.44. The average molecular weight is 267 g/mol. The molecule has 2 bridgehead atoms. The van der Waals surface area contributed by atoms with E-state index in [2.05, 4.69) is 34.7 Å². The maximum atomic E-state index is 5.88. The molecule has 20 heavy (non-hydrogen) atoms. The Morgan fingerprint density at radius 3 is 2.85 bits per heavy atom. The molecule has 2 aliphatic rings. The van der Waals surface area contributed by atoms with Gasteiger partial charge in [0.15, 0.2) is 0 Å². The number of benzene rings is 1. The van der Waals surface area contributed by atoms with Crippen LogP contribution in [0.4, 0.5) is 0 Å². The Hall–Kier alpha value is -1.45. The Balaban J connectivity index is 1.68. The first-order valence-corrected chi connectivity index (χ1v) is 7.66. The second-order valence-corrected chi connectivity index (χ2v) is 6.44. The van der Waals surface area contributed by atoms with Crippen molar-refractivity contribution in [3.8, 4) is 0 Å². The van der Waals surface area contributed by atoms with E-state index >= 15 is 0 Å². The topological polar surface area (TPSA) is 50.9 Å². The van der Waals surface area contributed by atoms with Gasteiger partial charge in [0.2, 0.25) is 0 Å². The van der Waals surface area contributed by atoms with Crippen LogP contribution < -0.4 is 11.3 Å². The number of nitrogens with one attached hydrogen (secondary N) is 1. The lowest BCUT2D eigenvalue weighted by Crippen LogP contribution is -2.35. The first-order valence-electron chi connectivity index (χ1n) is 7.66. The van der Waals surface area contributed by atoms with Crippen LogP contribution in [-0.4, -0.2) is 4.98 Å². The van der Waals surface area contributed by atoms with Gasteiger partial charge in [0.25, 0.3) is 0 Å². The zero-order chi connectivity index (χ0) is 13.5. The summed E-state index contributed by atoms with van der Waals surface area (Å²) < 4.78 is 0. The highest BCUT2D eigenvalue weighted by atomic mass is 15.2. The van der Waals surface area contributed by atoms with E-state index < -0.39 is 0 Å². The van der Waals surface area contributed by atoms with Gasteiger partial charge in [0.05, 0.1) is 11.6 Å². The molecule has 1 aromatic carbocycles. The van der Waals surface area contributed by atoms with Gasteiger partial charge in [-0.2, -0.15) is 0 Å². The molecule has 2 fully saturated rings. The molecule has 0 spiro atoms. The number of fused-ring (bicyclic) bond motifs is 3. The molecule has 3 heteroatoms. The number of nitrogens with zero attached hydrogens (tertiary/aromatic N) is 1. The molecule has 1 heterocycles. The number of hydrogen-bond acceptors (Lipinski definition) is 3. The highest BCUT2D eigenvalue weighted by Gasteiger charge is 2.43. The van der Waals surface area contributed by atoms with Crippen LogP contribution in [-0.2, 0) is 0 Å². The predicted molar refractivity (Wildman–Crippen MR) is 80.7 cm³/mol. The Morgan fingerprint density at radius 1 is 1.20 bits per heavy atom. The lowest BCUT2D eigenvalue weighted by atomic mass is 9.81. The van der Waals surface area contributed by atoms with E-state index in [0.29, 0.717) is 5.92 Å². The third-order valence-corrected chi connectivity index (χ3v) is 5.37. The SMILES string of the molecule is NNC(c1cnc2ccccc2c1)C1CC2CCC1C2. The molecule has 2 aromatic rings. The summed E-state index contributed by atoms with van der Waals surface area (Å²) in [5, 5.41) is 1.20. The molecule has 1 aromatic heterocycles. The number of para-hydroxylation sites is 1. The summed E-state index contributed by atoms with van der Waals surface area (Å²) in [6.45, 7) is 0. The van der Waals surface area contributed by atoms with Gasteiger partial charge in [-0.25, -0.2) is 0 Å². The molecule has 2 saturated carbocycles. The third-order valence-electron chi connectivity index (χ3n) is 5.37. The van der Waals surface area contributed by atoms with E-state index in [0.717, 1.165) is 17.4 Å². The van der Waals surface area contributed by atoms with Gasteiger partial charge in [0, 0.05) is 11.6 Å². The zero-order valence-electron chi connectivity index (χ0n) is 11.6. The van der Waals surface area contributed by atoms with Crippen LogP contribution in [0, 0.1) is 17.8 Å². The van der Waals surface area contributed by atoms with E-state index in [1.807, 2.05) is 12.3 Å². The number of hydrazine groups is 1. The number of rotatable bonds is 3. The van der Waals surface area contributed by atoms with Crippen molar-refractivity contribution < 1.29 is 0 Å². The van der Waals surface area contributed by atoms with Crippen molar-refractivity contribution in [2.45, 2.75) is 31.7 Å². The van der Waals surface area contributed by atoms with E-state index in [1.54, 1.807) is 0 Å². The highest BCUT2D eigenvalue weighted by Crippen LogP contribution is 2.52. The van der Waals surface area contributed by atoms with Gasteiger partial charge >= 0.3 is 0 Å². The molecule has 2 aliphatic carbocycles. The molecule has 3 nitrogen and oxygen atoms in total. The van der Waals surface area contributed by atoms with Crippen LogP contribution in [0.25, 0.3) is 10.9 Å². The standard InChI is InChI=1S/C17H21N3/c18-20-17(15-8-11-5-6-12(15)7-11)14-9-13-3-1-2-4-16(13)19-10-14/h1-4,9-12,15,17,20H,5-8,18H2. The summed E-state index contributed by atoms with van der Waals surface area (Å²) in [5.74, 6) is 8.36. The minimum atomic E-state index is 0.252. The minimum Gasteiger partial charge on any atom is -0.271 e. The molecule has 3 N–H and O–H groups in total. The largest absolute Gasteiger partial charge is 0.271 e. The van der Waals surface area contributed by atoms with Crippen molar-refractivity contribution in [2.24, 2.45) is 23.6 Å². The van der Waals surface area contributed by atoms with Crippen LogP contribution in [0.2, 0.25) is 0 Å². The fraction of sp³-hybridized carbons (Fsp3) is 0.471. The van der Waals surface area contributed by atoms with Crippen LogP contribution in [0.3, 0.4) is 0 Å². The second kappa shape index (κ2) is 4.83. The van der Waals surface area contributed by atoms with E-state index in [9.17, 15) is 0 Å². The Bertz CT molecular complexity index is 624. The van der Waals surface area contributed by atoms with Gasteiger partial charge in [-0.15, -0.1) is 0 Å². The molecule has 4 unspecified atom stereocenters.